The van der Waals surface area contributed by atoms with Gasteiger partial charge in [0.15, 0.2) is 0 Å². The molecular formula is C16H19NO3. The number of likely N-dealkylation sites (tertiary alicyclic amines) is 1. The van der Waals surface area contributed by atoms with Gasteiger partial charge >= 0.3 is 0 Å². The van der Waals surface area contributed by atoms with Crippen molar-refractivity contribution >= 4 is 17.7 Å². The predicted molar refractivity (Wildman–Crippen MR) is 74.7 cm³/mol. The van der Waals surface area contributed by atoms with E-state index in [1.165, 1.54) is 6.92 Å². The summed E-state index contributed by atoms with van der Waals surface area (Å²) >= 11 is 0. The normalized spacial score (nSPS) is 24.1. The van der Waals surface area contributed by atoms with Gasteiger partial charge in [-0.2, -0.15) is 0 Å². The topological polar surface area (TPSA) is 54.5 Å². The summed E-state index contributed by atoms with van der Waals surface area (Å²) < 4.78 is 0. The van der Waals surface area contributed by atoms with Crippen molar-refractivity contribution in [1.82, 2.24) is 4.90 Å². The van der Waals surface area contributed by atoms with E-state index in [0.717, 1.165) is 10.5 Å². The Hall–Kier alpha value is -1.97. The van der Waals surface area contributed by atoms with E-state index < -0.39 is 17.7 Å². The molecule has 0 aromatic heterocycles. The zero-order valence-electron chi connectivity index (χ0n) is 12.0. The highest BCUT2D eigenvalue weighted by atomic mass is 16.2. The van der Waals surface area contributed by atoms with Gasteiger partial charge in [-0.15, -0.1) is 0 Å². The molecule has 4 heteroatoms. The van der Waals surface area contributed by atoms with Gasteiger partial charge in [0.2, 0.25) is 17.7 Å². The summed E-state index contributed by atoms with van der Waals surface area (Å²) in [7, 11) is 0. The van der Waals surface area contributed by atoms with E-state index in [1.54, 1.807) is 6.92 Å². The fourth-order valence-electron chi connectivity index (χ4n) is 2.78. The van der Waals surface area contributed by atoms with Crippen LogP contribution in [0.3, 0.4) is 0 Å². The predicted octanol–water partition coefficient (Wildman–Crippen LogP) is 2.35. The zero-order chi connectivity index (χ0) is 14.9. The SMILES string of the molecule is CC(=O)N1C(=O)C(C)C(CC(C)c2ccccc2)C1=O. The van der Waals surface area contributed by atoms with Crippen LogP contribution in [0.4, 0.5) is 0 Å². The van der Waals surface area contributed by atoms with Crippen LogP contribution in [0, 0.1) is 11.8 Å². The highest BCUT2D eigenvalue weighted by Gasteiger charge is 2.47. The number of carbonyl (C=O) groups is 3. The minimum atomic E-state index is -0.485. The Morgan fingerprint density at radius 1 is 1.20 bits per heavy atom. The van der Waals surface area contributed by atoms with Crippen LogP contribution in [-0.4, -0.2) is 22.6 Å². The molecule has 1 fully saturated rings. The summed E-state index contributed by atoms with van der Waals surface area (Å²) in [6, 6.07) is 9.89. The molecule has 0 N–H and O–H groups in total. The highest BCUT2D eigenvalue weighted by molar-refractivity contribution is 6.16. The molecule has 1 saturated heterocycles. The minimum absolute atomic E-state index is 0.173. The summed E-state index contributed by atoms with van der Waals surface area (Å²) in [6.45, 7) is 5.02. The molecule has 0 spiro atoms. The number of nitrogens with zero attached hydrogens (tertiary/aromatic N) is 1. The van der Waals surface area contributed by atoms with E-state index in [-0.39, 0.29) is 17.7 Å². The van der Waals surface area contributed by atoms with Gasteiger partial charge in [-0.25, -0.2) is 4.90 Å². The molecule has 0 saturated carbocycles. The van der Waals surface area contributed by atoms with Crippen LogP contribution in [0.1, 0.15) is 38.7 Å². The Balaban J connectivity index is 2.16. The second-order valence-corrected chi connectivity index (χ2v) is 5.47. The number of carbonyl (C=O) groups excluding carboxylic acids is 3. The van der Waals surface area contributed by atoms with Gasteiger partial charge in [0.05, 0.1) is 5.92 Å². The first kappa shape index (κ1) is 14.4. The van der Waals surface area contributed by atoms with Crippen molar-refractivity contribution in [3.63, 3.8) is 0 Å². The molecule has 1 aliphatic rings. The Labute approximate surface area is 118 Å². The van der Waals surface area contributed by atoms with Gasteiger partial charge in [-0.1, -0.05) is 44.2 Å². The number of hydrogen-bond donors (Lipinski definition) is 0. The van der Waals surface area contributed by atoms with Gasteiger partial charge in [-0.3, -0.25) is 14.4 Å². The Bertz CT molecular complexity index is 538. The summed E-state index contributed by atoms with van der Waals surface area (Å²) in [5.41, 5.74) is 1.14. The molecule has 1 aromatic carbocycles. The summed E-state index contributed by atoms with van der Waals surface area (Å²) in [5.74, 6) is -1.85. The van der Waals surface area contributed by atoms with E-state index in [1.807, 2.05) is 37.3 Å². The highest BCUT2D eigenvalue weighted by Crippen LogP contribution is 2.34. The van der Waals surface area contributed by atoms with Crippen LogP contribution in [-0.2, 0) is 14.4 Å². The summed E-state index contributed by atoms with van der Waals surface area (Å²) in [6.07, 6.45) is 0.583. The fraction of sp³-hybridized carbons (Fsp3) is 0.438. The van der Waals surface area contributed by atoms with Crippen molar-refractivity contribution in [1.29, 1.82) is 0 Å². The number of imide groups is 3. The van der Waals surface area contributed by atoms with Crippen molar-refractivity contribution in [3.05, 3.63) is 35.9 Å². The largest absolute Gasteiger partial charge is 0.274 e. The van der Waals surface area contributed by atoms with Crippen molar-refractivity contribution < 1.29 is 14.4 Å². The molecular weight excluding hydrogens is 254 g/mol. The number of amides is 3. The van der Waals surface area contributed by atoms with E-state index in [4.69, 9.17) is 0 Å². The lowest BCUT2D eigenvalue weighted by molar-refractivity contribution is -0.149. The molecule has 1 aliphatic heterocycles. The Morgan fingerprint density at radius 2 is 1.80 bits per heavy atom. The average molecular weight is 273 g/mol. The summed E-state index contributed by atoms with van der Waals surface area (Å²) in [4.78, 5) is 36.4. The first-order valence-electron chi connectivity index (χ1n) is 6.86. The molecule has 4 nitrogen and oxygen atoms in total. The monoisotopic (exact) mass is 273 g/mol. The smallest absolute Gasteiger partial charge is 0.239 e. The molecule has 0 radical (unpaired) electrons. The van der Waals surface area contributed by atoms with Crippen molar-refractivity contribution in [2.45, 2.75) is 33.1 Å². The Morgan fingerprint density at radius 3 is 2.30 bits per heavy atom. The second-order valence-electron chi connectivity index (χ2n) is 5.47. The lowest BCUT2D eigenvalue weighted by Gasteiger charge is -2.17. The zero-order valence-corrected chi connectivity index (χ0v) is 12.0. The van der Waals surface area contributed by atoms with E-state index in [0.29, 0.717) is 6.42 Å². The minimum Gasteiger partial charge on any atom is -0.274 e. The van der Waals surface area contributed by atoms with Crippen LogP contribution < -0.4 is 0 Å². The third-order valence-electron chi connectivity index (χ3n) is 4.04. The van der Waals surface area contributed by atoms with Crippen LogP contribution in [0.5, 0.6) is 0 Å². The van der Waals surface area contributed by atoms with Gasteiger partial charge in [0, 0.05) is 12.8 Å². The van der Waals surface area contributed by atoms with Crippen molar-refractivity contribution in [3.8, 4) is 0 Å². The van der Waals surface area contributed by atoms with Gasteiger partial charge in [-0.05, 0) is 17.9 Å². The lowest BCUT2D eigenvalue weighted by Crippen LogP contribution is -2.35. The molecule has 3 atom stereocenters. The first-order chi connectivity index (χ1) is 9.43. The molecule has 0 aliphatic carbocycles. The maximum atomic E-state index is 12.2. The van der Waals surface area contributed by atoms with Crippen molar-refractivity contribution in [2.24, 2.45) is 11.8 Å². The molecule has 3 unspecified atom stereocenters. The fourth-order valence-corrected chi connectivity index (χ4v) is 2.78. The molecule has 0 bridgehead atoms. The van der Waals surface area contributed by atoms with E-state index in [2.05, 4.69) is 0 Å². The van der Waals surface area contributed by atoms with Crippen LogP contribution >= 0.6 is 0 Å². The number of rotatable bonds is 3. The van der Waals surface area contributed by atoms with Crippen molar-refractivity contribution in [2.75, 3.05) is 0 Å². The second kappa shape index (κ2) is 5.57. The third kappa shape index (κ3) is 2.50. The molecule has 20 heavy (non-hydrogen) atoms. The molecule has 106 valence electrons. The third-order valence-corrected chi connectivity index (χ3v) is 4.04. The molecule has 2 rings (SSSR count). The average Bonchev–Trinajstić information content (AvgIpc) is 2.63. The lowest BCUT2D eigenvalue weighted by atomic mass is 9.85. The van der Waals surface area contributed by atoms with Crippen LogP contribution in [0.15, 0.2) is 30.3 Å². The van der Waals surface area contributed by atoms with Crippen LogP contribution in [0.2, 0.25) is 0 Å². The quantitative estimate of drug-likeness (QED) is 0.794. The first-order valence-corrected chi connectivity index (χ1v) is 6.86. The maximum Gasteiger partial charge on any atom is 0.239 e. The number of benzene rings is 1. The molecule has 1 heterocycles. The van der Waals surface area contributed by atoms with Gasteiger partial charge < -0.3 is 0 Å². The Kier molecular flexibility index (Phi) is 4.02. The number of hydrogen-bond acceptors (Lipinski definition) is 3. The maximum absolute atomic E-state index is 12.2. The molecule has 1 aromatic rings. The van der Waals surface area contributed by atoms with E-state index >= 15 is 0 Å². The summed E-state index contributed by atoms with van der Waals surface area (Å²) in [5, 5.41) is 0. The standard InChI is InChI=1S/C16H19NO3/c1-10(13-7-5-4-6-8-13)9-14-11(2)15(19)17(12(3)18)16(14)20/h4-8,10-11,14H,9H2,1-3H3. The molecule has 3 amide bonds. The van der Waals surface area contributed by atoms with Gasteiger partial charge in [0.1, 0.15) is 0 Å². The van der Waals surface area contributed by atoms with Gasteiger partial charge in [0.25, 0.3) is 0 Å². The van der Waals surface area contributed by atoms with Crippen LogP contribution in [0.25, 0.3) is 0 Å². The van der Waals surface area contributed by atoms with E-state index in [9.17, 15) is 14.4 Å².